The topological polar surface area (TPSA) is 76.3 Å². The zero-order valence-corrected chi connectivity index (χ0v) is 13.6. The summed E-state index contributed by atoms with van der Waals surface area (Å²) < 4.78 is 11.6. The quantitative estimate of drug-likeness (QED) is 0.872. The zero-order chi connectivity index (χ0) is 16.1. The van der Waals surface area contributed by atoms with Crippen LogP contribution >= 0.6 is 0 Å². The van der Waals surface area contributed by atoms with E-state index < -0.39 is 0 Å². The molecule has 2 aromatic heterocycles. The van der Waals surface area contributed by atoms with Crippen molar-refractivity contribution in [2.24, 2.45) is 0 Å². The van der Waals surface area contributed by atoms with Gasteiger partial charge in [-0.1, -0.05) is 13.8 Å². The molecule has 0 unspecified atom stereocenters. The molecule has 124 valence electrons. The molecule has 0 radical (unpaired) electrons. The molecular formula is C16H23N5O2. The Hall–Kier alpha value is -1.99. The molecule has 3 rings (SSSR count). The van der Waals surface area contributed by atoms with Gasteiger partial charge >= 0.3 is 0 Å². The maximum Gasteiger partial charge on any atom is 0.208 e. The molecule has 0 bridgehead atoms. The van der Waals surface area contributed by atoms with E-state index in [1.54, 1.807) is 6.20 Å². The van der Waals surface area contributed by atoms with Gasteiger partial charge in [-0.2, -0.15) is 5.10 Å². The lowest BCUT2D eigenvalue weighted by molar-refractivity contribution is -0.0265. The molecule has 1 fully saturated rings. The van der Waals surface area contributed by atoms with Gasteiger partial charge < -0.3 is 14.5 Å². The van der Waals surface area contributed by atoms with E-state index in [0.29, 0.717) is 19.1 Å². The lowest BCUT2D eigenvalue weighted by Crippen LogP contribution is -2.44. The highest BCUT2D eigenvalue weighted by Crippen LogP contribution is 2.17. The van der Waals surface area contributed by atoms with Crippen LogP contribution in [0.4, 0.5) is 5.82 Å². The number of aromatic nitrogens is 3. The monoisotopic (exact) mass is 317 g/mol. The van der Waals surface area contributed by atoms with E-state index in [4.69, 9.17) is 9.15 Å². The molecule has 0 spiro atoms. The number of rotatable bonds is 6. The minimum absolute atomic E-state index is 0.116. The molecule has 0 amide bonds. The Balaban J connectivity index is 1.49. The molecule has 7 nitrogen and oxygen atoms in total. The zero-order valence-electron chi connectivity index (χ0n) is 13.6. The van der Waals surface area contributed by atoms with E-state index in [-0.39, 0.29) is 6.10 Å². The Bertz CT molecular complexity index is 602. The van der Waals surface area contributed by atoms with E-state index in [1.807, 2.05) is 18.3 Å². The normalized spacial score (nSPS) is 19.2. The summed E-state index contributed by atoms with van der Waals surface area (Å²) in [6.07, 6.45) is 3.60. The van der Waals surface area contributed by atoms with Crippen LogP contribution in [0.1, 0.15) is 31.4 Å². The third kappa shape index (κ3) is 4.49. The van der Waals surface area contributed by atoms with Gasteiger partial charge in [-0.25, -0.2) is 4.98 Å². The number of nitrogens with one attached hydrogen (secondary N) is 1. The third-order valence-corrected chi connectivity index (χ3v) is 3.81. The van der Waals surface area contributed by atoms with Crippen molar-refractivity contribution in [2.75, 3.05) is 31.6 Å². The molecule has 0 aromatic carbocycles. The van der Waals surface area contributed by atoms with Crippen molar-refractivity contribution in [3.8, 4) is 0 Å². The highest BCUT2D eigenvalue weighted by molar-refractivity contribution is 5.31. The Morgan fingerprint density at radius 1 is 1.43 bits per heavy atom. The summed E-state index contributed by atoms with van der Waals surface area (Å²) in [4.78, 5) is 6.68. The van der Waals surface area contributed by atoms with Crippen LogP contribution in [0.5, 0.6) is 0 Å². The second-order valence-corrected chi connectivity index (χ2v) is 6.03. The molecule has 1 aliphatic heterocycles. The number of hydrogen-bond acceptors (Lipinski definition) is 7. The van der Waals surface area contributed by atoms with Crippen molar-refractivity contribution in [1.82, 2.24) is 20.1 Å². The first kappa shape index (κ1) is 15.9. The van der Waals surface area contributed by atoms with E-state index in [2.05, 4.69) is 39.2 Å². The number of ether oxygens (including phenoxy) is 1. The minimum atomic E-state index is 0.116. The Morgan fingerprint density at radius 2 is 2.35 bits per heavy atom. The lowest BCUT2D eigenvalue weighted by Gasteiger charge is -2.32. The van der Waals surface area contributed by atoms with Crippen LogP contribution in [0.2, 0.25) is 0 Å². The van der Waals surface area contributed by atoms with Gasteiger partial charge in [0.15, 0.2) is 0 Å². The highest BCUT2D eigenvalue weighted by Gasteiger charge is 2.22. The van der Waals surface area contributed by atoms with Crippen LogP contribution in [-0.2, 0) is 11.3 Å². The van der Waals surface area contributed by atoms with Crippen LogP contribution < -0.4 is 5.32 Å². The van der Waals surface area contributed by atoms with Crippen LogP contribution in [-0.4, -0.2) is 52.4 Å². The first-order valence-electron chi connectivity index (χ1n) is 8.01. The molecule has 1 aliphatic rings. The summed E-state index contributed by atoms with van der Waals surface area (Å²) >= 11 is 0. The average molecular weight is 317 g/mol. The fraction of sp³-hybridized carbons (Fsp3) is 0.562. The number of anilines is 1. The van der Waals surface area contributed by atoms with Crippen molar-refractivity contribution in [2.45, 2.75) is 32.4 Å². The van der Waals surface area contributed by atoms with Gasteiger partial charge in [0.25, 0.3) is 0 Å². The summed E-state index contributed by atoms with van der Waals surface area (Å²) in [5.41, 5.74) is 0. The van der Waals surface area contributed by atoms with Crippen molar-refractivity contribution in [1.29, 1.82) is 0 Å². The SMILES string of the molecule is CC(C)c1cnc(CN2CCO[C@@H](CNc3cccnn3)C2)o1. The van der Waals surface area contributed by atoms with Gasteiger partial charge in [0.1, 0.15) is 11.6 Å². The number of hydrogen-bond donors (Lipinski definition) is 1. The molecule has 1 atom stereocenters. The van der Waals surface area contributed by atoms with Crippen LogP contribution in [0.3, 0.4) is 0 Å². The molecular weight excluding hydrogens is 294 g/mol. The first-order chi connectivity index (χ1) is 11.2. The highest BCUT2D eigenvalue weighted by atomic mass is 16.5. The lowest BCUT2D eigenvalue weighted by atomic mass is 10.2. The predicted octanol–water partition coefficient (Wildman–Crippen LogP) is 1.90. The summed E-state index contributed by atoms with van der Waals surface area (Å²) in [7, 11) is 0. The standard InChI is InChI=1S/C16H23N5O2/c1-12(2)14-9-18-16(23-14)11-21-6-7-22-13(10-21)8-17-15-4-3-5-19-20-15/h3-5,9,12-13H,6-8,10-11H2,1-2H3,(H,17,20)/t13-/m0/s1. The molecule has 0 saturated carbocycles. The molecule has 7 heteroatoms. The Morgan fingerprint density at radius 3 is 3.09 bits per heavy atom. The first-order valence-corrected chi connectivity index (χ1v) is 8.01. The van der Waals surface area contributed by atoms with Crippen LogP contribution in [0.25, 0.3) is 0 Å². The Kier molecular flexibility index (Phi) is 5.19. The number of morpholine rings is 1. The smallest absolute Gasteiger partial charge is 0.208 e. The van der Waals surface area contributed by atoms with Gasteiger partial charge in [-0.15, -0.1) is 5.10 Å². The second kappa shape index (κ2) is 7.52. The minimum Gasteiger partial charge on any atom is -0.444 e. The molecule has 1 N–H and O–H groups in total. The summed E-state index contributed by atoms with van der Waals surface area (Å²) in [6.45, 7) is 8.08. The van der Waals surface area contributed by atoms with Gasteiger partial charge in [0.2, 0.25) is 5.89 Å². The molecule has 23 heavy (non-hydrogen) atoms. The number of oxazole rings is 1. The van der Waals surface area contributed by atoms with Crippen molar-refractivity contribution in [3.63, 3.8) is 0 Å². The van der Waals surface area contributed by atoms with Crippen molar-refractivity contribution < 1.29 is 9.15 Å². The van der Waals surface area contributed by atoms with Crippen molar-refractivity contribution >= 4 is 5.82 Å². The second-order valence-electron chi connectivity index (χ2n) is 6.03. The van der Waals surface area contributed by atoms with Gasteiger partial charge in [-0.05, 0) is 12.1 Å². The van der Waals surface area contributed by atoms with Crippen LogP contribution in [0.15, 0.2) is 28.9 Å². The third-order valence-electron chi connectivity index (χ3n) is 3.81. The Labute approximate surface area is 136 Å². The predicted molar refractivity (Wildman–Crippen MR) is 86.1 cm³/mol. The summed E-state index contributed by atoms with van der Waals surface area (Å²) in [6, 6.07) is 3.76. The fourth-order valence-electron chi connectivity index (χ4n) is 2.52. The van der Waals surface area contributed by atoms with E-state index in [1.165, 1.54) is 0 Å². The number of nitrogens with zero attached hydrogens (tertiary/aromatic N) is 4. The summed E-state index contributed by atoms with van der Waals surface area (Å²) in [5, 5.41) is 11.1. The van der Waals surface area contributed by atoms with Gasteiger partial charge in [0.05, 0.1) is 25.5 Å². The van der Waals surface area contributed by atoms with E-state index in [9.17, 15) is 0 Å². The summed E-state index contributed by atoms with van der Waals surface area (Å²) in [5.74, 6) is 2.85. The molecule has 2 aromatic rings. The van der Waals surface area contributed by atoms with Gasteiger partial charge in [0, 0.05) is 31.7 Å². The molecule has 0 aliphatic carbocycles. The van der Waals surface area contributed by atoms with Crippen LogP contribution in [0, 0.1) is 0 Å². The van der Waals surface area contributed by atoms with Gasteiger partial charge in [-0.3, -0.25) is 4.90 Å². The maximum atomic E-state index is 5.81. The molecule has 3 heterocycles. The fourth-order valence-corrected chi connectivity index (χ4v) is 2.52. The molecule has 1 saturated heterocycles. The largest absolute Gasteiger partial charge is 0.444 e. The van der Waals surface area contributed by atoms with Crippen molar-refractivity contribution in [3.05, 3.63) is 36.2 Å². The van der Waals surface area contributed by atoms with E-state index >= 15 is 0 Å². The van der Waals surface area contributed by atoms with E-state index in [0.717, 1.165) is 37.1 Å². The average Bonchev–Trinajstić information content (AvgIpc) is 3.03. The maximum absolute atomic E-state index is 5.81.